The van der Waals surface area contributed by atoms with Gasteiger partial charge >= 0.3 is 12.0 Å². The average molecular weight is 809 g/mol. The van der Waals surface area contributed by atoms with Crippen molar-refractivity contribution < 1.29 is 37.5 Å². The van der Waals surface area contributed by atoms with E-state index in [1.165, 1.54) is 21.3 Å². The third-order valence-electron chi connectivity index (χ3n) is 9.61. The molecule has 14 nitrogen and oxygen atoms in total. The van der Waals surface area contributed by atoms with Gasteiger partial charge in [0.25, 0.3) is 5.91 Å². The van der Waals surface area contributed by atoms with Crippen molar-refractivity contribution in [2.24, 2.45) is 0 Å². The van der Waals surface area contributed by atoms with Gasteiger partial charge in [0.15, 0.2) is 5.75 Å². The smallest absolute Gasteiger partial charge is 0.341 e. The standard InChI is InChI=1S/C43H48N6O8S/c1-43(2,3)27-23-33(41(51)56-6)39(55-5)35(24-27)48-42(52)47-34-13-14-36(31-10-8-7-9-30(31)34)57-29-15-16-44-38(26-29)46-28-11-12-32(37(25-28)54-4)40(50)45-17-18-49-19-21-58(53)22-20-49/h7-16,23-26H,17-22H2,1-6H3,(H,44,46)(H,45,50)(H2,47,48,52). The van der Waals surface area contributed by atoms with Crippen LogP contribution >= 0.6 is 0 Å². The third kappa shape index (κ3) is 10.0. The number of carbonyl (C=O) groups excluding carboxylic acids is 3. The van der Waals surface area contributed by atoms with Crippen LogP contribution in [0.15, 0.2) is 85.1 Å². The third-order valence-corrected chi connectivity index (χ3v) is 10.9. The van der Waals surface area contributed by atoms with Crippen LogP contribution in [0.3, 0.4) is 0 Å². The van der Waals surface area contributed by atoms with Gasteiger partial charge < -0.3 is 40.2 Å². The maximum atomic E-state index is 13.5. The molecule has 1 fully saturated rings. The summed E-state index contributed by atoms with van der Waals surface area (Å²) in [5, 5.41) is 13.5. The number of esters is 1. The highest BCUT2D eigenvalue weighted by Crippen LogP contribution is 2.38. The second-order valence-electron chi connectivity index (χ2n) is 14.5. The monoisotopic (exact) mass is 808 g/mol. The summed E-state index contributed by atoms with van der Waals surface area (Å²) in [4.78, 5) is 45.8. The summed E-state index contributed by atoms with van der Waals surface area (Å²) >= 11 is 0. The number of anilines is 4. The summed E-state index contributed by atoms with van der Waals surface area (Å²) in [6.07, 6.45) is 1.62. The number of aromatic nitrogens is 1. The number of nitrogens with zero attached hydrogens (tertiary/aromatic N) is 2. The van der Waals surface area contributed by atoms with E-state index in [2.05, 4.69) is 31.2 Å². The molecule has 6 rings (SSSR count). The summed E-state index contributed by atoms with van der Waals surface area (Å²) in [6, 6.07) is 22.7. The van der Waals surface area contributed by atoms with Gasteiger partial charge in [0.05, 0.1) is 38.3 Å². The fourth-order valence-electron chi connectivity index (χ4n) is 6.48. The number of hydrogen-bond donors (Lipinski definition) is 4. The minimum absolute atomic E-state index is 0.190. The molecular formula is C43H48N6O8S. The highest BCUT2D eigenvalue weighted by atomic mass is 32.2. The summed E-state index contributed by atoms with van der Waals surface area (Å²) in [5.74, 6) is 2.66. The van der Waals surface area contributed by atoms with Gasteiger partial charge in [-0.2, -0.15) is 0 Å². The van der Waals surface area contributed by atoms with Crippen LogP contribution in [-0.4, -0.2) is 91.0 Å². The molecule has 1 aliphatic heterocycles. The summed E-state index contributed by atoms with van der Waals surface area (Å²) in [5.41, 5.74) is 2.59. The predicted octanol–water partition coefficient (Wildman–Crippen LogP) is 7.31. The van der Waals surface area contributed by atoms with Crippen molar-refractivity contribution in [1.29, 1.82) is 0 Å². The fourth-order valence-corrected chi connectivity index (χ4v) is 7.61. The van der Waals surface area contributed by atoms with Crippen molar-refractivity contribution in [3.63, 3.8) is 0 Å². The minimum Gasteiger partial charge on any atom is -0.496 e. The van der Waals surface area contributed by atoms with Crippen LogP contribution in [0, 0.1) is 0 Å². The average Bonchev–Trinajstić information content (AvgIpc) is 3.21. The number of pyridine rings is 1. The van der Waals surface area contributed by atoms with Crippen LogP contribution in [0.1, 0.15) is 47.1 Å². The molecule has 1 saturated heterocycles. The number of amides is 3. The summed E-state index contributed by atoms with van der Waals surface area (Å²) < 4.78 is 34.1. The van der Waals surface area contributed by atoms with Gasteiger partial charge in [0.2, 0.25) is 0 Å². The predicted molar refractivity (Wildman–Crippen MR) is 227 cm³/mol. The summed E-state index contributed by atoms with van der Waals surface area (Å²) in [6.45, 7) is 8.70. The number of fused-ring (bicyclic) bond motifs is 1. The van der Waals surface area contributed by atoms with Gasteiger partial charge in [0.1, 0.15) is 28.6 Å². The molecule has 1 aliphatic rings. The number of benzene rings is 4. The first-order chi connectivity index (χ1) is 27.9. The van der Waals surface area contributed by atoms with E-state index in [4.69, 9.17) is 18.9 Å². The molecule has 5 aromatic rings. The van der Waals surface area contributed by atoms with E-state index < -0.39 is 22.8 Å². The number of urea groups is 1. The number of ether oxygens (including phenoxy) is 4. The van der Waals surface area contributed by atoms with Crippen LogP contribution < -0.4 is 35.5 Å². The molecule has 58 heavy (non-hydrogen) atoms. The SMILES string of the molecule is COC(=O)c1cc(C(C)(C)C)cc(NC(=O)Nc2ccc(Oc3ccnc(Nc4ccc(C(=O)NCCN5CCS(=O)CC5)c(OC)c4)c3)c3ccccc23)c1OC. The van der Waals surface area contributed by atoms with Crippen molar-refractivity contribution in [2.75, 3.05) is 75.0 Å². The first kappa shape index (κ1) is 41.4. The van der Waals surface area contributed by atoms with Gasteiger partial charge in [-0.3, -0.25) is 13.9 Å². The van der Waals surface area contributed by atoms with Gasteiger partial charge in [-0.15, -0.1) is 0 Å². The largest absolute Gasteiger partial charge is 0.496 e. The van der Waals surface area contributed by atoms with Crippen molar-refractivity contribution in [3.8, 4) is 23.0 Å². The maximum absolute atomic E-state index is 13.5. The number of hydrogen-bond acceptors (Lipinski definition) is 11. The Morgan fingerprint density at radius 1 is 0.810 bits per heavy atom. The molecule has 0 saturated carbocycles. The van der Waals surface area contributed by atoms with E-state index in [1.807, 2.05) is 45.0 Å². The molecular weight excluding hydrogens is 761 g/mol. The number of nitrogens with one attached hydrogen (secondary N) is 4. The minimum atomic E-state index is -0.743. The maximum Gasteiger partial charge on any atom is 0.341 e. The van der Waals surface area contributed by atoms with E-state index in [0.29, 0.717) is 70.3 Å². The number of carbonyl (C=O) groups is 3. The van der Waals surface area contributed by atoms with Crippen LogP contribution in [0.5, 0.6) is 23.0 Å². The normalized spacial score (nSPS) is 13.3. The lowest BCUT2D eigenvalue weighted by molar-refractivity contribution is 0.0596. The van der Waals surface area contributed by atoms with Crippen molar-refractivity contribution >= 4 is 62.4 Å². The second-order valence-corrected chi connectivity index (χ2v) is 16.2. The fraction of sp³-hybridized carbons (Fsp3) is 0.302. The Balaban J connectivity index is 1.14. The molecule has 3 amide bonds. The topological polar surface area (TPSA) is 169 Å². The first-order valence-electron chi connectivity index (χ1n) is 18.7. The Bertz CT molecular complexity index is 2340. The van der Waals surface area contributed by atoms with Crippen molar-refractivity contribution in [3.05, 3.63) is 102 Å². The first-order valence-corrected chi connectivity index (χ1v) is 20.2. The quantitative estimate of drug-likeness (QED) is 0.0881. The molecule has 0 unspecified atom stereocenters. The zero-order valence-corrected chi connectivity index (χ0v) is 34.2. The van der Waals surface area contributed by atoms with E-state index in [1.54, 1.807) is 60.8 Å². The Hall–Kier alpha value is -6.19. The van der Waals surface area contributed by atoms with Gasteiger partial charge in [-0.1, -0.05) is 45.0 Å². The van der Waals surface area contributed by atoms with Gasteiger partial charge in [-0.25, -0.2) is 14.6 Å². The molecule has 4 aromatic carbocycles. The molecule has 4 N–H and O–H groups in total. The molecule has 0 bridgehead atoms. The Morgan fingerprint density at radius 2 is 1.55 bits per heavy atom. The van der Waals surface area contributed by atoms with E-state index >= 15 is 0 Å². The van der Waals surface area contributed by atoms with Crippen LogP contribution in [0.25, 0.3) is 10.8 Å². The Kier molecular flexibility index (Phi) is 13.1. The van der Waals surface area contributed by atoms with Crippen molar-refractivity contribution in [2.45, 2.75) is 26.2 Å². The number of methoxy groups -OCH3 is 3. The van der Waals surface area contributed by atoms with E-state index in [9.17, 15) is 18.6 Å². The van der Waals surface area contributed by atoms with Crippen molar-refractivity contribution in [1.82, 2.24) is 15.2 Å². The van der Waals surface area contributed by atoms with E-state index in [-0.39, 0.29) is 22.6 Å². The lowest BCUT2D eigenvalue weighted by Crippen LogP contribution is -2.42. The summed E-state index contributed by atoms with van der Waals surface area (Å²) in [7, 11) is 3.49. The Labute approximate surface area is 340 Å². The number of rotatable bonds is 13. The molecule has 0 atom stereocenters. The van der Waals surface area contributed by atoms with Gasteiger partial charge in [-0.05, 0) is 53.4 Å². The lowest BCUT2D eigenvalue weighted by Gasteiger charge is -2.26. The highest BCUT2D eigenvalue weighted by Gasteiger charge is 2.25. The molecule has 1 aromatic heterocycles. The van der Waals surface area contributed by atoms with Crippen LogP contribution in [0.2, 0.25) is 0 Å². The molecule has 0 radical (unpaired) electrons. The lowest BCUT2D eigenvalue weighted by atomic mass is 9.85. The molecule has 0 aliphatic carbocycles. The zero-order chi connectivity index (χ0) is 41.4. The second kappa shape index (κ2) is 18.4. The molecule has 15 heteroatoms. The van der Waals surface area contributed by atoms with Crippen LogP contribution in [-0.2, 0) is 21.0 Å². The van der Waals surface area contributed by atoms with Gasteiger partial charge in [0, 0.05) is 83.3 Å². The molecule has 0 spiro atoms. The molecule has 304 valence electrons. The molecule has 2 heterocycles. The Morgan fingerprint density at radius 3 is 2.26 bits per heavy atom. The van der Waals surface area contributed by atoms with Crippen LogP contribution in [0.4, 0.5) is 27.7 Å². The zero-order valence-electron chi connectivity index (χ0n) is 33.4. The highest BCUT2D eigenvalue weighted by molar-refractivity contribution is 7.85. The van der Waals surface area contributed by atoms with E-state index in [0.717, 1.165) is 29.4 Å².